The van der Waals surface area contributed by atoms with Crippen LogP contribution in [-0.4, -0.2) is 22.5 Å². The van der Waals surface area contributed by atoms with Gasteiger partial charge in [0.05, 0.1) is 0 Å². The van der Waals surface area contributed by atoms with Crippen LogP contribution in [-0.2, 0) is 14.3 Å². The molecule has 1 aliphatic rings. The summed E-state index contributed by atoms with van der Waals surface area (Å²) in [6.07, 6.45) is 0.188. The molecule has 0 aromatic carbocycles. The first-order valence-corrected chi connectivity index (χ1v) is 4.00. The summed E-state index contributed by atoms with van der Waals surface area (Å²) in [7, 11) is 0. The van der Waals surface area contributed by atoms with Crippen LogP contribution in [0.3, 0.4) is 0 Å². The van der Waals surface area contributed by atoms with Crippen LogP contribution in [0.25, 0.3) is 0 Å². The first-order chi connectivity index (χ1) is 5.83. The van der Waals surface area contributed by atoms with Crippen LogP contribution in [0.4, 0.5) is 0 Å². The molecule has 0 aromatic rings. The number of cyclic esters (lactones) is 1. The summed E-state index contributed by atoms with van der Waals surface area (Å²) in [6.45, 7) is 4.58. The van der Waals surface area contributed by atoms with E-state index in [9.17, 15) is 14.7 Å². The molecular weight excluding hydrogens is 172 g/mol. The number of ether oxygens (including phenoxy) is 1. The van der Waals surface area contributed by atoms with Crippen LogP contribution in [0.15, 0.2) is 11.3 Å². The quantitative estimate of drug-likeness (QED) is 0.489. The first-order valence-electron chi connectivity index (χ1n) is 4.00. The lowest BCUT2D eigenvalue weighted by Crippen LogP contribution is -2.36. The smallest absolute Gasteiger partial charge is 0.345 e. The summed E-state index contributed by atoms with van der Waals surface area (Å²) in [5.74, 6) is -1.37. The molecular formula is C9H12O4. The monoisotopic (exact) mass is 184 g/mol. The Labute approximate surface area is 76.2 Å². The predicted octanol–water partition coefficient (Wildman–Crippen LogP) is 1.11. The van der Waals surface area contributed by atoms with E-state index >= 15 is 0 Å². The van der Waals surface area contributed by atoms with E-state index in [-0.39, 0.29) is 17.8 Å². The second-order valence-electron chi connectivity index (χ2n) is 3.70. The van der Waals surface area contributed by atoms with E-state index < -0.39 is 17.4 Å². The number of ketones is 1. The van der Waals surface area contributed by atoms with E-state index in [0.29, 0.717) is 0 Å². The van der Waals surface area contributed by atoms with Crippen molar-refractivity contribution in [2.75, 3.05) is 0 Å². The van der Waals surface area contributed by atoms with Crippen molar-refractivity contribution in [3.05, 3.63) is 11.3 Å². The second kappa shape index (κ2) is 2.87. The van der Waals surface area contributed by atoms with Gasteiger partial charge in [0.25, 0.3) is 0 Å². The van der Waals surface area contributed by atoms with Crippen LogP contribution in [0.2, 0.25) is 0 Å². The zero-order chi connectivity index (χ0) is 10.2. The van der Waals surface area contributed by atoms with Gasteiger partial charge in [0, 0.05) is 6.42 Å². The SMILES string of the molecule is CC(=O)C1=C(O)CC(C)(C)OC1=O. The number of hydrogen-bond donors (Lipinski definition) is 1. The minimum Gasteiger partial charge on any atom is -0.511 e. The number of hydrogen-bond acceptors (Lipinski definition) is 4. The summed E-state index contributed by atoms with van der Waals surface area (Å²) < 4.78 is 4.94. The molecule has 0 saturated heterocycles. The van der Waals surface area contributed by atoms with Gasteiger partial charge in [-0.2, -0.15) is 0 Å². The molecule has 1 rings (SSSR count). The van der Waals surface area contributed by atoms with Crippen LogP contribution >= 0.6 is 0 Å². The molecule has 4 heteroatoms. The van der Waals surface area contributed by atoms with Crippen molar-refractivity contribution in [2.45, 2.75) is 32.8 Å². The molecule has 1 heterocycles. The molecule has 72 valence electrons. The largest absolute Gasteiger partial charge is 0.511 e. The highest BCUT2D eigenvalue weighted by Crippen LogP contribution is 2.28. The van der Waals surface area contributed by atoms with E-state index in [4.69, 9.17) is 4.74 Å². The summed E-state index contributed by atoms with van der Waals surface area (Å²) in [5, 5.41) is 9.40. The van der Waals surface area contributed by atoms with E-state index in [1.54, 1.807) is 13.8 Å². The van der Waals surface area contributed by atoms with Gasteiger partial charge >= 0.3 is 5.97 Å². The molecule has 0 amide bonds. The Morgan fingerprint density at radius 3 is 2.46 bits per heavy atom. The molecule has 0 fully saturated rings. The maximum atomic E-state index is 11.2. The summed E-state index contributed by atoms with van der Waals surface area (Å²) >= 11 is 0. The maximum absolute atomic E-state index is 11.2. The number of Topliss-reactive ketones (excluding diaryl/α,β-unsaturated/α-hetero) is 1. The molecule has 0 spiro atoms. The maximum Gasteiger partial charge on any atom is 0.345 e. The number of carbonyl (C=O) groups excluding carboxylic acids is 2. The average molecular weight is 184 g/mol. The molecule has 13 heavy (non-hydrogen) atoms. The lowest BCUT2D eigenvalue weighted by atomic mass is 9.96. The molecule has 0 atom stereocenters. The van der Waals surface area contributed by atoms with Crippen molar-refractivity contribution < 1.29 is 19.4 Å². The molecule has 0 radical (unpaired) electrons. The fourth-order valence-electron chi connectivity index (χ4n) is 1.29. The summed E-state index contributed by atoms with van der Waals surface area (Å²) in [4.78, 5) is 22.1. The number of aliphatic hydroxyl groups is 1. The van der Waals surface area contributed by atoms with Gasteiger partial charge in [-0.15, -0.1) is 0 Å². The van der Waals surface area contributed by atoms with Crippen molar-refractivity contribution in [2.24, 2.45) is 0 Å². The Morgan fingerprint density at radius 2 is 2.08 bits per heavy atom. The van der Waals surface area contributed by atoms with Crippen molar-refractivity contribution in [1.29, 1.82) is 0 Å². The standard InChI is InChI=1S/C9H12O4/c1-5(10)7-6(11)4-9(2,3)13-8(7)12/h11H,4H2,1-3H3. The van der Waals surface area contributed by atoms with Crippen LogP contribution in [0.5, 0.6) is 0 Å². The van der Waals surface area contributed by atoms with Gasteiger partial charge in [-0.05, 0) is 20.8 Å². The van der Waals surface area contributed by atoms with Gasteiger partial charge < -0.3 is 9.84 Å². The Bertz CT molecular complexity index is 299. The van der Waals surface area contributed by atoms with Crippen LogP contribution in [0.1, 0.15) is 27.2 Å². The van der Waals surface area contributed by atoms with E-state index in [1.807, 2.05) is 0 Å². The Kier molecular flexibility index (Phi) is 2.15. The Morgan fingerprint density at radius 1 is 1.54 bits per heavy atom. The van der Waals surface area contributed by atoms with Gasteiger partial charge in [0.1, 0.15) is 16.9 Å². The molecule has 0 aromatic heterocycles. The topological polar surface area (TPSA) is 63.6 Å². The third-order valence-corrected chi connectivity index (χ3v) is 1.81. The molecule has 0 saturated carbocycles. The van der Waals surface area contributed by atoms with E-state index in [1.165, 1.54) is 6.92 Å². The molecule has 4 nitrogen and oxygen atoms in total. The molecule has 1 N–H and O–H groups in total. The van der Waals surface area contributed by atoms with Gasteiger partial charge in [-0.25, -0.2) is 4.79 Å². The van der Waals surface area contributed by atoms with Gasteiger partial charge in [0.2, 0.25) is 0 Å². The molecule has 0 bridgehead atoms. The van der Waals surface area contributed by atoms with Crippen molar-refractivity contribution >= 4 is 11.8 Å². The lowest BCUT2D eigenvalue weighted by Gasteiger charge is -2.29. The van der Waals surface area contributed by atoms with Gasteiger partial charge in [-0.3, -0.25) is 4.79 Å². The van der Waals surface area contributed by atoms with Crippen molar-refractivity contribution in [3.63, 3.8) is 0 Å². The zero-order valence-electron chi connectivity index (χ0n) is 7.88. The normalized spacial score (nSPS) is 21.3. The predicted molar refractivity (Wildman–Crippen MR) is 45.1 cm³/mol. The lowest BCUT2D eigenvalue weighted by molar-refractivity contribution is -0.155. The zero-order valence-corrected chi connectivity index (χ0v) is 7.88. The fourth-order valence-corrected chi connectivity index (χ4v) is 1.29. The van der Waals surface area contributed by atoms with E-state index in [0.717, 1.165) is 0 Å². The second-order valence-corrected chi connectivity index (χ2v) is 3.70. The third kappa shape index (κ3) is 1.88. The Balaban J connectivity index is 3.09. The average Bonchev–Trinajstić information content (AvgIpc) is 1.78. The third-order valence-electron chi connectivity index (χ3n) is 1.81. The number of carbonyl (C=O) groups is 2. The minimum atomic E-state index is -0.735. The number of esters is 1. The number of aliphatic hydroxyl groups excluding tert-OH is 1. The highest BCUT2D eigenvalue weighted by molar-refractivity contribution is 6.17. The van der Waals surface area contributed by atoms with Crippen molar-refractivity contribution in [1.82, 2.24) is 0 Å². The van der Waals surface area contributed by atoms with Crippen LogP contribution < -0.4 is 0 Å². The minimum absolute atomic E-state index is 0.172. The number of rotatable bonds is 1. The van der Waals surface area contributed by atoms with E-state index in [2.05, 4.69) is 0 Å². The highest BCUT2D eigenvalue weighted by Gasteiger charge is 2.36. The Hall–Kier alpha value is -1.32. The molecule has 0 aliphatic carbocycles. The van der Waals surface area contributed by atoms with Gasteiger partial charge in [0.15, 0.2) is 5.78 Å². The van der Waals surface area contributed by atoms with Crippen LogP contribution in [0, 0.1) is 0 Å². The van der Waals surface area contributed by atoms with Gasteiger partial charge in [-0.1, -0.05) is 0 Å². The first kappa shape index (κ1) is 9.77. The fraction of sp³-hybridized carbons (Fsp3) is 0.556. The molecule has 0 unspecified atom stereocenters. The summed E-state index contributed by atoms with van der Waals surface area (Å²) in [5.41, 5.74) is -0.945. The summed E-state index contributed by atoms with van der Waals surface area (Å²) in [6, 6.07) is 0. The molecule has 1 aliphatic heterocycles. The highest BCUT2D eigenvalue weighted by atomic mass is 16.6. The van der Waals surface area contributed by atoms with Crippen molar-refractivity contribution in [3.8, 4) is 0 Å².